The number of nitrogens with zero attached hydrogens (tertiary/aromatic N) is 2. The Kier molecular flexibility index (Phi) is 4.18. The van der Waals surface area contributed by atoms with Gasteiger partial charge in [0.05, 0.1) is 6.54 Å². The van der Waals surface area contributed by atoms with E-state index in [0.717, 1.165) is 31.9 Å². The second-order valence-corrected chi connectivity index (χ2v) is 6.70. The topological polar surface area (TPSA) is 37.8 Å². The summed E-state index contributed by atoms with van der Waals surface area (Å²) in [6.45, 7) is 2.80. The Morgan fingerprint density at radius 2 is 2.25 bits per heavy atom. The van der Waals surface area contributed by atoms with Crippen molar-refractivity contribution >= 4 is 55.3 Å². The molecule has 7 heteroatoms. The lowest BCUT2D eigenvalue weighted by Crippen LogP contribution is -1.96. The van der Waals surface area contributed by atoms with Crippen LogP contribution in [0.25, 0.3) is 0 Å². The van der Waals surface area contributed by atoms with Gasteiger partial charge in [0.2, 0.25) is 5.13 Å². The molecule has 0 unspecified atom stereocenters. The molecule has 2 aromatic heterocycles. The SMILES string of the molecule is CCc1nnc(NCc2cc(Br)c(Cl)s2)s1. The molecular weight excluding hydrogens is 330 g/mol. The lowest BCUT2D eigenvalue weighted by atomic mass is 10.5. The molecule has 0 aliphatic carbocycles. The van der Waals surface area contributed by atoms with Crippen molar-refractivity contribution in [3.05, 3.63) is 24.8 Å². The van der Waals surface area contributed by atoms with Crippen LogP contribution in [0.5, 0.6) is 0 Å². The van der Waals surface area contributed by atoms with Gasteiger partial charge in [0.25, 0.3) is 0 Å². The molecule has 0 fully saturated rings. The molecule has 0 atom stereocenters. The number of hydrogen-bond acceptors (Lipinski definition) is 5. The monoisotopic (exact) mass is 337 g/mol. The number of aryl methyl sites for hydroxylation is 1. The maximum absolute atomic E-state index is 5.96. The van der Waals surface area contributed by atoms with Crippen LogP contribution in [0.1, 0.15) is 16.8 Å². The number of thiophene rings is 1. The van der Waals surface area contributed by atoms with Gasteiger partial charge in [-0.25, -0.2) is 0 Å². The van der Waals surface area contributed by atoms with E-state index in [1.165, 1.54) is 4.88 Å². The van der Waals surface area contributed by atoms with Crippen molar-refractivity contribution < 1.29 is 0 Å². The lowest BCUT2D eigenvalue weighted by molar-refractivity contribution is 0.977. The Morgan fingerprint density at radius 3 is 2.81 bits per heavy atom. The van der Waals surface area contributed by atoms with Crippen molar-refractivity contribution in [3.8, 4) is 0 Å². The fourth-order valence-corrected chi connectivity index (χ4v) is 3.51. The Morgan fingerprint density at radius 1 is 1.44 bits per heavy atom. The van der Waals surface area contributed by atoms with E-state index in [1.54, 1.807) is 22.7 Å². The van der Waals surface area contributed by atoms with E-state index in [-0.39, 0.29) is 0 Å². The first-order chi connectivity index (χ1) is 7.69. The zero-order valence-electron chi connectivity index (χ0n) is 8.46. The minimum absolute atomic E-state index is 0.730. The van der Waals surface area contributed by atoms with Crippen LogP contribution in [0, 0.1) is 0 Å². The lowest BCUT2D eigenvalue weighted by Gasteiger charge is -1.97. The Balaban J connectivity index is 1.96. The molecular formula is C9H9BrClN3S2. The first kappa shape index (κ1) is 12.3. The molecule has 16 heavy (non-hydrogen) atoms. The third kappa shape index (κ3) is 2.94. The zero-order chi connectivity index (χ0) is 11.5. The van der Waals surface area contributed by atoms with Gasteiger partial charge < -0.3 is 5.32 Å². The minimum atomic E-state index is 0.730. The van der Waals surface area contributed by atoms with Gasteiger partial charge >= 0.3 is 0 Å². The van der Waals surface area contributed by atoms with E-state index in [1.807, 2.05) is 6.07 Å². The predicted octanol–water partition coefficient (Wildman–Crippen LogP) is 4.19. The molecule has 0 amide bonds. The molecule has 86 valence electrons. The predicted molar refractivity (Wildman–Crippen MR) is 73.6 cm³/mol. The number of aromatic nitrogens is 2. The van der Waals surface area contributed by atoms with Gasteiger partial charge in [-0.15, -0.1) is 21.5 Å². The van der Waals surface area contributed by atoms with Crippen molar-refractivity contribution in [2.45, 2.75) is 19.9 Å². The fourth-order valence-electron chi connectivity index (χ4n) is 1.11. The van der Waals surface area contributed by atoms with Crippen LogP contribution in [0.4, 0.5) is 5.13 Å². The van der Waals surface area contributed by atoms with Gasteiger partial charge in [-0.1, -0.05) is 29.9 Å². The summed E-state index contributed by atoms with van der Waals surface area (Å²) in [4.78, 5) is 1.17. The summed E-state index contributed by atoms with van der Waals surface area (Å²) in [6, 6.07) is 2.02. The second kappa shape index (κ2) is 5.44. The maximum atomic E-state index is 5.96. The van der Waals surface area contributed by atoms with Crippen LogP contribution in [0.3, 0.4) is 0 Å². The highest BCUT2D eigenvalue weighted by atomic mass is 79.9. The van der Waals surface area contributed by atoms with Gasteiger partial charge in [0.1, 0.15) is 9.34 Å². The van der Waals surface area contributed by atoms with Crippen LogP contribution >= 0.6 is 50.2 Å². The third-order valence-corrected chi connectivity index (χ3v) is 5.38. The standard InChI is InChI=1S/C9H9BrClN3S2/c1-2-7-13-14-9(16-7)12-4-5-3-6(10)8(11)15-5/h3H,2,4H2,1H3,(H,12,14). The quantitative estimate of drug-likeness (QED) is 0.908. The van der Waals surface area contributed by atoms with Crippen LogP contribution in [-0.2, 0) is 13.0 Å². The summed E-state index contributed by atoms with van der Waals surface area (Å²) in [5.74, 6) is 0. The average Bonchev–Trinajstić information content (AvgIpc) is 2.84. The van der Waals surface area contributed by atoms with E-state index in [4.69, 9.17) is 11.6 Å². The highest BCUT2D eigenvalue weighted by Crippen LogP contribution is 2.32. The summed E-state index contributed by atoms with van der Waals surface area (Å²) in [5.41, 5.74) is 0. The number of anilines is 1. The zero-order valence-corrected chi connectivity index (χ0v) is 12.4. The first-order valence-electron chi connectivity index (χ1n) is 4.69. The summed E-state index contributed by atoms with van der Waals surface area (Å²) >= 11 is 12.5. The summed E-state index contributed by atoms with van der Waals surface area (Å²) < 4.78 is 1.73. The van der Waals surface area contributed by atoms with Gasteiger partial charge in [-0.05, 0) is 28.4 Å². The van der Waals surface area contributed by atoms with Gasteiger partial charge in [-0.2, -0.15) is 0 Å². The average molecular weight is 339 g/mol. The largest absolute Gasteiger partial charge is 0.355 e. The molecule has 0 saturated carbocycles. The van der Waals surface area contributed by atoms with Crippen LogP contribution < -0.4 is 5.32 Å². The number of hydrogen-bond donors (Lipinski definition) is 1. The van der Waals surface area contributed by atoms with Crippen LogP contribution in [0.2, 0.25) is 4.34 Å². The molecule has 2 aromatic rings. The summed E-state index contributed by atoms with van der Waals surface area (Å²) in [5, 5.41) is 13.2. The van der Waals surface area contributed by atoms with Crippen molar-refractivity contribution in [2.24, 2.45) is 0 Å². The number of rotatable bonds is 4. The van der Waals surface area contributed by atoms with E-state index >= 15 is 0 Å². The molecule has 0 aromatic carbocycles. The smallest absolute Gasteiger partial charge is 0.205 e. The molecule has 0 aliphatic rings. The van der Waals surface area contributed by atoms with Crippen LogP contribution in [-0.4, -0.2) is 10.2 Å². The minimum Gasteiger partial charge on any atom is -0.355 e. The molecule has 2 heterocycles. The Labute approximate surface area is 115 Å². The number of nitrogens with one attached hydrogen (secondary N) is 1. The second-order valence-electron chi connectivity index (χ2n) is 3.04. The van der Waals surface area contributed by atoms with E-state index in [0.29, 0.717) is 0 Å². The molecule has 0 aliphatic heterocycles. The highest BCUT2D eigenvalue weighted by molar-refractivity contribution is 9.10. The highest BCUT2D eigenvalue weighted by Gasteiger charge is 2.06. The normalized spacial score (nSPS) is 10.7. The molecule has 3 nitrogen and oxygen atoms in total. The molecule has 0 bridgehead atoms. The van der Waals surface area contributed by atoms with Crippen molar-refractivity contribution in [3.63, 3.8) is 0 Å². The Hall–Kier alpha value is -0.170. The molecule has 0 spiro atoms. The van der Waals surface area contributed by atoms with E-state index in [9.17, 15) is 0 Å². The Bertz CT molecular complexity index is 463. The van der Waals surface area contributed by atoms with Gasteiger partial charge in [0, 0.05) is 9.35 Å². The molecule has 0 radical (unpaired) electrons. The van der Waals surface area contributed by atoms with Crippen LogP contribution in [0.15, 0.2) is 10.5 Å². The van der Waals surface area contributed by atoms with Gasteiger partial charge in [-0.3, -0.25) is 0 Å². The van der Waals surface area contributed by atoms with E-state index < -0.39 is 0 Å². The molecule has 1 N–H and O–H groups in total. The maximum Gasteiger partial charge on any atom is 0.205 e. The van der Waals surface area contributed by atoms with E-state index in [2.05, 4.69) is 38.4 Å². The number of halogens is 2. The van der Waals surface area contributed by atoms with Crippen molar-refractivity contribution in [1.82, 2.24) is 10.2 Å². The van der Waals surface area contributed by atoms with Crippen molar-refractivity contribution in [2.75, 3.05) is 5.32 Å². The third-order valence-electron chi connectivity index (χ3n) is 1.88. The molecule has 0 saturated heterocycles. The first-order valence-corrected chi connectivity index (χ1v) is 7.49. The fraction of sp³-hybridized carbons (Fsp3) is 0.333. The summed E-state index contributed by atoms with van der Waals surface area (Å²) in [6.07, 6.45) is 0.926. The van der Waals surface area contributed by atoms with Crippen molar-refractivity contribution in [1.29, 1.82) is 0 Å². The summed E-state index contributed by atoms with van der Waals surface area (Å²) in [7, 11) is 0. The molecule has 2 rings (SSSR count). The van der Waals surface area contributed by atoms with Gasteiger partial charge in [0.15, 0.2) is 0 Å².